The van der Waals surface area contributed by atoms with Crippen LogP contribution in [0.25, 0.3) is 0 Å². The van der Waals surface area contributed by atoms with Gasteiger partial charge in [0.05, 0.1) is 11.0 Å². The molecule has 1 unspecified atom stereocenters. The maximum Gasteiger partial charge on any atom is 0.321 e. The number of nitriles is 1. The van der Waals surface area contributed by atoms with Gasteiger partial charge in [0.1, 0.15) is 11.8 Å². The minimum absolute atomic E-state index is 0.209. The van der Waals surface area contributed by atoms with Crippen LogP contribution in [0.4, 0.5) is 0 Å². The third-order valence-corrected chi connectivity index (χ3v) is 8.11. The van der Waals surface area contributed by atoms with Gasteiger partial charge in [0.2, 0.25) is 0 Å². The van der Waals surface area contributed by atoms with E-state index >= 15 is 0 Å². The molecule has 0 bridgehead atoms. The predicted molar refractivity (Wildman–Crippen MR) is 148 cm³/mol. The molecule has 0 amide bonds. The van der Waals surface area contributed by atoms with Gasteiger partial charge < -0.3 is 4.74 Å². The van der Waals surface area contributed by atoms with Gasteiger partial charge in [-0.05, 0) is 66.8 Å². The molecule has 0 heterocycles. The molecule has 0 radical (unpaired) electrons. The molecular weight excluding hydrogens is 442 g/mol. The van der Waals surface area contributed by atoms with Crippen molar-refractivity contribution in [2.75, 3.05) is 0 Å². The molecule has 3 rings (SSSR count). The minimum atomic E-state index is -0.626. The van der Waals surface area contributed by atoms with Gasteiger partial charge in [0.25, 0.3) is 0 Å². The molecule has 1 fully saturated rings. The van der Waals surface area contributed by atoms with Crippen molar-refractivity contribution in [1.82, 2.24) is 0 Å². The highest BCUT2D eigenvalue weighted by Gasteiger charge is 2.43. The van der Waals surface area contributed by atoms with Crippen molar-refractivity contribution < 1.29 is 9.53 Å². The first-order valence-electron chi connectivity index (χ1n) is 14.4. The van der Waals surface area contributed by atoms with Gasteiger partial charge in [0, 0.05) is 0 Å². The Morgan fingerprint density at radius 3 is 2.28 bits per heavy atom. The van der Waals surface area contributed by atoms with Gasteiger partial charge >= 0.3 is 5.97 Å². The van der Waals surface area contributed by atoms with Crippen molar-refractivity contribution in [3.05, 3.63) is 64.7 Å². The Kier molecular flexibility index (Phi) is 11.1. The smallest absolute Gasteiger partial charge is 0.321 e. The number of carbonyl (C=O) groups excluding carboxylic acids is 1. The summed E-state index contributed by atoms with van der Waals surface area (Å²) in [6, 6.07) is 16.7. The van der Waals surface area contributed by atoms with Crippen LogP contribution in [0.5, 0.6) is 5.75 Å². The van der Waals surface area contributed by atoms with Crippen molar-refractivity contribution in [2.45, 2.75) is 116 Å². The number of aryl methyl sites for hydroxylation is 1. The second-order valence-corrected chi connectivity index (χ2v) is 10.7. The number of carbonyl (C=O) groups is 1. The minimum Gasteiger partial charge on any atom is -0.424 e. The average molecular weight is 488 g/mol. The Balaban J connectivity index is 1.78. The highest BCUT2D eigenvalue weighted by atomic mass is 16.5. The van der Waals surface area contributed by atoms with Gasteiger partial charge in [-0.2, -0.15) is 5.26 Å². The van der Waals surface area contributed by atoms with Crippen LogP contribution >= 0.6 is 0 Å². The number of esters is 1. The third kappa shape index (κ3) is 7.22. The fourth-order valence-electron chi connectivity index (χ4n) is 5.69. The molecule has 194 valence electrons. The fraction of sp³-hybridized carbons (Fsp3) is 0.576. The Bertz CT molecular complexity index is 995. The number of ether oxygens (including phenoxy) is 1. The van der Waals surface area contributed by atoms with E-state index in [1.165, 1.54) is 44.1 Å². The summed E-state index contributed by atoms with van der Waals surface area (Å²) >= 11 is 0. The van der Waals surface area contributed by atoms with E-state index in [4.69, 9.17) is 4.74 Å². The van der Waals surface area contributed by atoms with Crippen molar-refractivity contribution in [3.63, 3.8) is 0 Å². The van der Waals surface area contributed by atoms with Crippen LogP contribution in [0, 0.1) is 17.2 Å². The van der Waals surface area contributed by atoms with Crippen LogP contribution in [0.2, 0.25) is 0 Å². The van der Waals surface area contributed by atoms with Crippen molar-refractivity contribution >= 4 is 5.97 Å². The molecule has 1 aliphatic carbocycles. The zero-order chi connectivity index (χ0) is 25.8. The van der Waals surface area contributed by atoms with Crippen molar-refractivity contribution in [3.8, 4) is 11.8 Å². The van der Waals surface area contributed by atoms with Crippen LogP contribution in [0.1, 0.15) is 120 Å². The molecule has 0 aromatic heterocycles. The Morgan fingerprint density at radius 1 is 0.944 bits per heavy atom. The molecule has 3 nitrogen and oxygen atoms in total. The number of unbranched alkanes of at least 4 members (excludes halogenated alkanes) is 3. The monoisotopic (exact) mass is 487 g/mol. The lowest BCUT2D eigenvalue weighted by Gasteiger charge is -2.35. The largest absolute Gasteiger partial charge is 0.424 e. The van der Waals surface area contributed by atoms with Gasteiger partial charge in [-0.1, -0.05) is 109 Å². The van der Waals surface area contributed by atoms with E-state index in [0.29, 0.717) is 17.2 Å². The topological polar surface area (TPSA) is 50.1 Å². The van der Waals surface area contributed by atoms with Crippen LogP contribution in [0.15, 0.2) is 42.5 Å². The maximum absolute atomic E-state index is 13.7. The number of hydrogen-bond acceptors (Lipinski definition) is 3. The summed E-state index contributed by atoms with van der Waals surface area (Å²) < 4.78 is 6.03. The maximum atomic E-state index is 13.7. The quantitative estimate of drug-likeness (QED) is 0.161. The number of rotatable bonds is 13. The molecule has 1 atom stereocenters. The summed E-state index contributed by atoms with van der Waals surface area (Å²) in [5.74, 6) is 0.814. The molecule has 36 heavy (non-hydrogen) atoms. The summed E-state index contributed by atoms with van der Waals surface area (Å²) in [7, 11) is 0. The lowest BCUT2D eigenvalue weighted by Crippen LogP contribution is -2.41. The summed E-state index contributed by atoms with van der Waals surface area (Å²) in [4.78, 5) is 13.7. The van der Waals surface area contributed by atoms with E-state index in [2.05, 4.69) is 51.1 Å². The first-order valence-corrected chi connectivity index (χ1v) is 14.4. The van der Waals surface area contributed by atoms with E-state index < -0.39 is 5.41 Å². The van der Waals surface area contributed by atoms with Gasteiger partial charge in [-0.15, -0.1) is 0 Å². The normalized spacial score (nSPS) is 15.7. The summed E-state index contributed by atoms with van der Waals surface area (Å²) in [5, 5.41) is 9.86. The first-order chi connectivity index (χ1) is 17.6. The van der Waals surface area contributed by atoms with Gasteiger partial charge in [-0.25, -0.2) is 0 Å². The number of nitrogens with zero attached hydrogens (tertiary/aromatic N) is 1. The van der Waals surface area contributed by atoms with E-state index in [1.807, 2.05) is 18.2 Å². The zero-order valence-electron chi connectivity index (χ0n) is 22.8. The lowest BCUT2D eigenvalue weighted by molar-refractivity contribution is -0.142. The highest BCUT2D eigenvalue weighted by molar-refractivity contribution is 5.85. The van der Waals surface area contributed by atoms with Crippen LogP contribution in [-0.4, -0.2) is 5.97 Å². The molecule has 3 heteroatoms. The molecule has 0 N–H and O–H groups in total. The lowest BCUT2D eigenvalue weighted by atomic mass is 9.69. The summed E-state index contributed by atoms with van der Waals surface area (Å²) in [5.41, 5.74) is 3.38. The van der Waals surface area contributed by atoms with Crippen molar-refractivity contribution in [2.24, 2.45) is 5.92 Å². The van der Waals surface area contributed by atoms with E-state index in [1.54, 1.807) is 0 Å². The Labute approximate surface area is 219 Å². The van der Waals surface area contributed by atoms with Crippen LogP contribution < -0.4 is 4.74 Å². The van der Waals surface area contributed by atoms with E-state index in [0.717, 1.165) is 62.5 Å². The third-order valence-electron chi connectivity index (χ3n) is 8.11. The van der Waals surface area contributed by atoms with Crippen LogP contribution in [0.3, 0.4) is 0 Å². The standard InChI is InChI=1S/C33H45NO2/c1-4-7-10-14-27-15-18-30(19-16-27)33(21-11-9-12-22-33)32(35)36-31-20-17-28(24-29(31)25-34)23-26(6-3)13-8-5-2/h15-20,24,26H,4-14,21-23H2,1-3H3. The molecule has 2 aromatic carbocycles. The SMILES string of the molecule is CCCCCc1ccc(C2(C(=O)Oc3ccc(CC(CC)CCCC)cc3C#N)CCCCC2)cc1. The molecule has 0 aliphatic heterocycles. The average Bonchev–Trinajstić information content (AvgIpc) is 2.92. The molecule has 0 saturated heterocycles. The zero-order valence-corrected chi connectivity index (χ0v) is 22.8. The first kappa shape index (κ1) is 28.0. The predicted octanol–water partition coefficient (Wildman–Crippen LogP) is 8.86. The van der Waals surface area contributed by atoms with E-state index in [-0.39, 0.29) is 5.97 Å². The fourth-order valence-corrected chi connectivity index (χ4v) is 5.69. The summed E-state index contributed by atoms with van der Waals surface area (Å²) in [6.45, 7) is 6.69. The second-order valence-electron chi connectivity index (χ2n) is 10.7. The molecule has 1 aliphatic rings. The molecule has 0 spiro atoms. The molecule has 2 aromatic rings. The number of benzene rings is 2. The number of hydrogen-bond donors (Lipinski definition) is 0. The Morgan fingerprint density at radius 2 is 1.64 bits per heavy atom. The van der Waals surface area contributed by atoms with Gasteiger partial charge in [-0.3, -0.25) is 4.79 Å². The van der Waals surface area contributed by atoms with Crippen LogP contribution in [-0.2, 0) is 23.1 Å². The molecule has 1 saturated carbocycles. The van der Waals surface area contributed by atoms with E-state index in [9.17, 15) is 10.1 Å². The Hall–Kier alpha value is -2.60. The van der Waals surface area contributed by atoms with Crippen molar-refractivity contribution in [1.29, 1.82) is 5.26 Å². The summed E-state index contributed by atoms with van der Waals surface area (Å²) in [6.07, 6.45) is 15.3. The highest BCUT2D eigenvalue weighted by Crippen LogP contribution is 2.41. The molecular formula is C33H45NO2. The second kappa shape index (κ2) is 14.2. The van der Waals surface area contributed by atoms with Gasteiger partial charge in [0.15, 0.2) is 0 Å².